The van der Waals surface area contributed by atoms with E-state index in [1.807, 2.05) is 0 Å². The van der Waals surface area contributed by atoms with Gasteiger partial charge in [0, 0.05) is 6.42 Å². The first-order chi connectivity index (χ1) is 9.22. The first-order valence-electron chi connectivity index (χ1n) is 5.77. The SMILES string of the molecule is Nc1nc2c(ncn2OCCCOCCO)c(=O)[nH]1. The zero-order chi connectivity index (χ0) is 13.7. The Morgan fingerprint density at radius 2 is 2.26 bits per heavy atom. The van der Waals surface area contributed by atoms with Crippen LogP contribution in [-0.4, -0.2) is 51.2 Å². The first kappa shape index (κ1) is 13.3. The van der Waals surface area contributed by atoms with Crippen LogP contribution in [0.4, 0.5) is 5.95 Å². The highest BCUT2D eigenvalue weighted by molar-refractivity contribution is 5.69. The quantitative estimate of drug-likeness (QED) is 0.523. The summed E-state index contributed by atoms with van der Waals surface area (Å²) in [6.45, 7) is 1.15. The predicted octanol–water partition coefficient (Wildman–Crippen LogP) is -1.47. The molecule has 0 unspecified atom stereocenters. The lowest BCUT2D eigenvalue weighted by atomic mass is 10.5. The highest BCUT2D eigenvalue weighted by atomic mass is 16.7. The van der Waals surface area contributed by atoms with Crippen LogP contribution in [0.1, 0.15) is 6.42 Å². The average molecular weight is 269 g/mol. The van der Waals surface area contributed by atoms with Crippen molar-refractivity contribution in [3.63, 3.8) is 0 Å². The first-order valence-corrected chi connectivity index (χ1v) is 5.77. The Bertz CT molecular complexity index is 593. The summed E-state index contributed by atoms with van der Waals surface area (Å²) in [5.74, 6) is 0.00845. The Morgan fingerprint density at radius 3 is 3.05 bits per heavy atom. The van der Waals surface area contributed by atoms with Crippen molar-refractivity contribution in [2.75, 3.05) is 32.2 Å². The van der Waals surface area contributed by atoms with Crippen LogP contribution in [0.5, 0.6) is 0 Å². The molecule has 2 aromatic heterocycles. The van der Waals surface area contributed by atoms with Gasteiger partial charge >= 0.3 is 0 Å². The summed E-state index contributed by atoms with van der Waals surface area (Å²) in [5, 5.41) is 8.52. The fourth-order valence-corrected chi connectivity index (χ4v) is 1.49. The second-order valence-corrected chi connectivity index (χ2v) is 3.72. The summed E-state index contributed by atoms with van der Waals surface area (Å²) in [5.41, 5.74) is 5.50. The zero-order valence-corrected chi connectivity index (χ0v) is 10.2. The molecule has 0 radical (unpaired) electrons. The maximum absolute atomic E-state index is 11.5. The van der Waals surface area contributed by atoms with E-state index in [1.165, 1.54) is 11.1 Å². The number of H-pyrrole nitrogens is 1. The van der Waals surface area contributed by atoms with E-state index < -0.39 is 5.56 Å². The van der Waals surface area contributed by atoms with E-state index in [-0.39, 0.29) is 23.7 Å². The molecule has 0 saturated heterocycles. The van der Waals surface area contributed by atoms with Crippen molar-refractivity contribution in [2.45, 2.75) is 6.42 Å². The van der Waals surface area contributed by atoms with E-state index in [0.29, 0.717) is 26.2 Å². The minimum Gasteiger partial charge on any atom is -0.411 e. The number of imidazole rings is 1. The zero-order valence-electron chi connectivity index (χ0n) is 10.2. The Kier molecular flexibility index (Phi) is 4.31. The molecule has 0 bridgehead atoms. The van der Waals surface area contributed by atoms with Gasteiger partial charge in [0.25, 0.3) is 5.56 Å². The monoisotopic (exact) mass is 269 g/mol. The van der Waals surface area contributed by atoms with E-state index in [1.54, 1.807) is 0 Å². The molecule has 0 aliphatic rings. The van der Waals surface area contributed by atoms with E-state index in [0.717, 1.165) is 0 Å². The summed E-state index contributed by atoms with van der Waals surface area (Å²) >= 11 is 0. The fraction of sp³-hybridized carbons (Fsp3) is 0.500. The molecular weight excluding hydrogens is 254 g/mol. The number of nitrogens with two attached hydrogens (primary N) is 1. The minimum atomic E-state index is -0.406. The Labute approximate surface area is 107 Å². The third kappa shape index (κ3) is 3.20. The molecule has 19 heavy (non-hydrogen) atoms. The molecule has 0 aliphatic carbocycles. The lowest BCUT2D eigenvalue weighted by Gasteiger charge is -2.06. The van der Waals surface area contributed by atoms with Gasteiger partial charge in [-0.15, -0.1) is 0 Å². The van der Waals surface area contributed by atoms with Crippen molar-refractivity contribution >= 4 is 17.1 Å². The number of ether oxygens (including phenoxy) is 1. The third-order valence-electron chi connectivity index (χ3n) is 2.29. The van der Waals surface area contributed by atoms with Crippen LogP contribution in [0.25, 0.3) is 11.2 Å². The van der Waals surface area contributed by atoms with Crippen molar-refractivity contribution in [1.82, 2.24) is 19.7 Å². The lowest BCUT2D eigenvalue weighted by Crippen LogP contribution is -2.17. The number of aliphatic hydroxyl groups is 1. The van der Waals surface area contributed by atoms with Gasteiger partial charge < -0.3 is 20.4 Å². The molecule has 9 heteroatoms. The van der Waals surface area contributed by atoms with Crippen LogP contribution < -0.4 is 16.1 Å². The normalized spacial score (nSPS) is 11.0. The average Bonchev–Trinajstić information content (AvgIpc) is 2.77. The molecule has 0 saturated carbocycles. The largest absolute Gasteiger partial charge is 0.411 e. The van der Waals surface area contributed by atoms with Crippen LogP contribution in [0, 0.1) is 0 Å². The predicted molar refractivity (Wildman–Crippen MR) is 66.5 cm³/mol. The summed E-state index contributed by atoms with van der Waals surface area (Å²) in [6, 6.07) is 0. The number of fused-ring (bicyclic) bond motifs is 1. The fourth-order valence-electron chi connectivity index (χ4n) is 1.49. The lowest BCUT2D eigenvalue weighted by molar-refractivity contribution is 0.0599. The van der Waals surface area contributed by atoms with Gasteiger partial charge in [0.05, 0.1) is 19.8 Å². The number of aromatic amines is 1. The van der Waals surface area contributed by atoms with Gasteiger partial charge in [-0.3, -0.25) is 9.78 Å². The van der Waals surface area contributed by atoms with Crippen LogP contribution in [-0.2, 0) is 4.74 Å². The van der Waals surface area contributed by atoms with Crippen molar-refractivity contribution in [1.29, 1.82) is 0 Å². The number of nitrogens with zero attached hydrogens (tertiary/aromatic N) is 3. The van der Waals surface area contributed by atoms with E-state index in [2.05, 4.69) is 15.0 Å². The summed E-state index contributed by atoms with van der Waals surface area (Å²) in [6.07, 6.45) is 2.00. The molecule has 0 amide bonds. The Morgan fingerprint density at radius 1 is 1.42 bits per heavy atom. The second-order valence-electron chi connectivity index (χ2n) is 3.72. The number of rotatable bonds is 7. The van der Waals surface area contributed by atoms with Gasteiger partial charge in [0.15, 0.2) is 5.52 Å². The highest BCUT2D eigenvalue weighted by Crippen LogP contribution is 2.04. The molecular formula is C10H15N5O4. The summed E-state index contributed by atoms with van der Waals surface area (Å²) in [4.78, 5) is 27.1. The molecule has 2 rings (SSSR count). The molecule has 4 N–H and O–H groups in total. The smallest absolute Gasteiger partial charge is 0.280 e. The number of hydrogen-bond acceptors (Lipinski definition) is 7. The van der Waals surface area contributed by atoms with Gasteiger partial charge in [0.2, 0.25) is 11.6 Å². The van der Waals surface area contributed by atoms with Crippen molar-refractivity contribution in [2.24, 2.45) is 0 Å². The molecule has 2 aromatic rings. The molecule has 9 nitrogen and oxygen atoms in total. The molecule has 104 valence electrons. The summed E-state index contributed by atoms with van der Waals surface area (Å²) < 4.78 is 6.38. The van der Waals surface area contributed by atoms with E-state index in [4.69, 9.17) is 20.4 Å². The number of aromatic nitrogens is 4. The van der Waals surface area contributed by atoms with Crippen LogP contribution in [0.3, 0.4) is 0 Å². The van der Waals surface area contributed by atoms with Crippen LogP contribution in [0.15, 0.2) is 11.1 Å². The van der Waals surface area contributed by atoms with Crippen LogP contribution in [0.2, 0.25) is 0 Å². The molecule has 0 aliphatic heterocycles. The topological polar surface area (TPSA) is 128 Å². The van der Waals surface area contributed by atoms with E-state index >= 15 is 0 Å². The van der Waals surface area contributed by atoms with Gasteiger partial charge in [-0.2, -0.15) is 9.71 Å². The maximum Gasteiger partial charge on any atom is 0.280 e. The highest BCUT2D eigenvalue weighted by Gasteiger charge is 2.09. The van der Waals surface area contributed by atoms with Gasteiger partial charge in [0.1, 0.15) is 12.9 Å². The van der Waals surface area contributed by atoms with Gasteiger partial charge in [-0.25, -0.2) is 4.98 Å². The number of nitrogen functional groups attached to an aromatic ring is 1. The number of anilines is 1. The van der Waals surface area contributed by atoms with Crippen molar-refractivity contribution in [3.05, 3.63) is 16.7 Å². The third-order valence-corrected chi connectivity index (χ3v) is 2.29. The molecule has 0 fully saturated rings. The van der Waals surface area contributed by atoms with Gasteiger partial charge in [-0.1, -0.05) is 0 Å². The number of nitrogens with one attached hydrogen (secondary N) is 1. The second kappa shape index (κ2) is 6.16. The van der Waals surface area contributed by atoms with E-state index in [9.17, 15) is 4.79 Å². The standard InChI is InChI=1S/C10H15N5O4/c11-10-13-8-7(9(17)14-10)12-6-15(8)19-4-1-3-18-5-2-16/h6,16H,1-5H2,(H3,11,13,14,17). The summed E-state index contributed by atoms with van der Waals surface area (Å²) in [7, 11) is 0. The van der Waals surface area contributed by atoms with Crippen molar-refractivity contribution < 1.29 is 14.7 Å². The van der Waals surface area contributed by atoms with Crippen LogP contribution >= 0.6 is 0 Å². The maximum atomic E-state index is 11.5. The van der Waals surface area contributed by atoms with Crippen molar-refractivity contribution in [3.8, 4) is 0 Å². The molecule has 0 spiro atoms. The molecule has 0 atom stereocenters. The molecule has 2 heterocycles. The molecule has 0 aromatic carbocycles. The Hall–Kier alpha value is -2.13. The van der Waals surface area contributed by atoms with Gasteiger partial charge in [-0.05, 0) is 0 Å². The Balaban J connectivity index is 1.96. The number of aliphatic hydroxyl groups excluding tert-OH is 1. The minimum absolute atomic E-state index is 0.00100. The number of hydrogen-bond donors (Lipinski definition) is 3.